The molecule has 12 heavy (non-hydrogen) atoms. The predicted molar refractivity (Wildman–Crippen MR) is 51.3 cm³/mol. The SMILES string of the molecule is CC(N)C(=O)N1CCCCC1.Cl. The van der Waals surface area contributed by atoms with Gasteiger partial charge < -0.3 is 10.6 Å². The Balaban J connectivity index is 0.00000121. The van der Waals surface area contributed by atoms with Gasteiger partial charge in [0.1, 0.15) is 0 Å². The van der Waals surface area contributed by atoms with Crippen molar-refractivity contribution in [3.63, 3.8) is 0 Å². The van der Waals surface area contributed by atoms with E-state index in [1.165, 1.54) is 6.42 Å². The highest BCUT2D eigenvalue weighted by Crippen LogP contribution is 2.09. The standard InChI is InChI=1S/C8H16N2O.ClH/c1-7(9)8(11)10-5-3-2-4-6-10;/h7H,2-6,9H2,1H3;1H. The Morgan fingerprint density at radius 1 is 1.33 bits per heavy atom. The van der Waals surface area contributed by atoms with Crippen LogP contribution in [0.5, 0.6) is 0 Å². The number of hydrogen-bond acceptors (Lipinski definition) is 2. The third-order valence-corrected chi connectivity index (χ3v) is 2.06. The third kappa shape index (κ3) is 2.99. The second-order valence-corrected chi connectivity index (χ2v) is 3.17. The van der Waals surface area contributed by atoms with Crippen LogP contribution in [-0.4, -0.2) is 29.9 Å². The molecule has 1 aliphatic heterocycles. The van der Waals surface area contributed by atoms with E-state index in [0.29, 0.717) is 0 Å². The Labute approximate surface area is 79.7 Å². The van der Waals surface area contributed by atoms with Crippen molar-refractivity contribution >= 4 is 18.3 Å². The molecule has 0 aromatic heterocycles. The van der Waals surface area contributed by atoms with Gasteiger partial charge in [-0.3, -0.25) is 4.79 Å². The Hall–Kier alpha value is -0.280. The number of hydrogen-bond donors (Lipinski definition) is 1. The average molecular weight is 193 g/mol. The number of rotatable bonds is 1. The molecule has 0 spiro atoms. The molecule has 1 saturated heterocycles. The number of carbonyl (C=O) groups is 1. The molecule has 1 rings (SSSR count). The van der Waals surface area contributed by atoms with Crippen molar-refractivity contribution in [2.24, 2.45) is 5.73 Å². The second-order valence-electron chi connectivity index (χ2n) is 3.17. The molecule has 1 heterocycles. The van der Waals surface area contributed by atoms with Gasteiger partial charge in [-0.2, -0.15) is 0 Å². The molecule has 0 aromatic rings. The highest BCUT2D eigenvalue weighted by molar-refractivity contribution is 5.85. The van der Waals surface area contributed by atoms with Crippen LogP contribution < -0.4 is 5.73 Å². The van der Waals surface area contributed by atoms with Gasteiger partial charge in [-0.15, -0.1) is 12.4 Å². The molecule has 1 fully saturated rings. The minimum absolute atomic E-state index is 0. The Morgan fingerprint density at radius 3 is 2.25 bits per heavy atom. The first-order valence-electron chi connectivity index (χ1n) is 4.26. The van der Waals surface area contributed by atoms with Crippen molar-refractivity contribution in [2.75, 3.05) is 13.1 Å². The number of amides is 1. The molecule has 0 radical (unpaired) electrons. The molecule has 1 atom stereocenters. The monoisotopic (exact) mass is 192 g/mol. The van der Waals surface area contributed by atoms with Gasteiger partial charge in [0.2, 0.25) is 5.91 Å². The van der Waals surface area contributed by atoms with Gasteiger partial charge in [-0.25, -0.2) is 0 Å². The number of piperidine rings is 1. The second kappa shape index (κ2) is 5.38. The average Bonchev–Trinajstić information content (AvgIpc) is 2.05. The molecule has 3 nitrogen and oxygen atoms in total. The summed E-state index contributed by atoms with van der Waals surface area (Å²) in [6, 6.07) is -0.326. The van der Waals surface area contributed by atoms with Gasteiger partial charge in [0.25, 0.3) is 0 Å². The number of nitrogens with two attached hydrogens (primary N) is 1. The molecule has 2 N–H and O–H groups in total. The maximum atomic E-state index is 11.3. The lowest BCUT2D eigenvalue weighted by atomic mass is 10.1. The van der Waals surface area contributed by atoms with Crippen molar-refractivity contribution in [1.82, 2.24) is 4.90 Å². The lowest BCUT2D eigenvalue weighted by Crippen LogP contribution is -2.44. The van der Waals surface area contributed by atoms with Crippen LogP contribution in [0.3, 0.4) is 0 Å². The van der Waals surface area contributed by atoms with E-state index in [4.69, 9.17) is 5.73 Å². The van der Waals surface area contributed by atoms with Crippen molar-refractivity contribution in [3.05, 3.63) is 0 Å². The van der Waals surface area contributed by atoms with Gasteiger partial charge in [-0.05, 0) is 26.2 Å². The molecule has 0 aromatic carbocycles. The maximum absolute atomic E-state index is 11.3. The van der Waals surface area contributed by atoms with E-state index in [0.717, 1.165) is 25.9 Å². The van der Waals surface area contributed by atoms with E-state index in [9.17, 15) is 4.79 Å². The van der Waals surface area contributed by atoms with Gasteiger partial charge in [0.05, 0.1) is 6.04 Å². The maximum Gasteiger partial charge on any atom is 0.239 e. The fourth-order valence-electron chi connectivity index (χ4n) is 1.40. The lowest BCUT2D eigenvalue weighted by Gasteiger charge is -2.27. The van der Waals surface area contributed by atoms with Crippen LogP contribution in [0.1, 0.15) is 26.2 Å². The van der Waals surface area contributed by atoms with E-state index in [1.807, 2.05) is 4.90 Å². The van der Waals surface area contributed by atoms with Crippen molar-refractivity contribution in [3.8, 4) is 0 Å². The van der Waals surface area contributed by atoms with Gasteiger partial charge in [0, 0.05) is 13.1 Å². The number of likely N-dealkylation sites (tertiary alicyclic amines) is 1. The summed E-state index contributed by atoms with van der Waals surface area (Å²) in [4.78, 5) is 13.2. The van der Waals surface area contributed by atoms with E-state index in [-0.39, 0.29) is 24.4 Å². The minimum atomic E-state index is -0.326. The molecule has 4 heteroatoms. The number of halogens is 1. The Bertz CT molecular complexity index is 144. The zero-order valence-electron chi connectivity index (χ0n) is 7.45. The summed E-state index contributed by atoms with van der Waals surface area (Å²) < 4.78 is 0. The highest BCUT2D eigenvalue weighted by Gasteiger charge is 2.18. The molecular formula is C8H17ClN2O. The van der Waals surface area contributed by atoms with Gasteiger partial charge >= 0.3 is 0 Å². The van der Waals surface area contributed by atoms with E-state index >= 15 is 0 Å². The fourth-order valence-corrected chi connectivity index (χ4v) is 1.40. The van der Waals surface area contributed by atoms with Crippen LogP contribution in [-0.2, 0) is 4.79 Å². The van der Waals surface area contributed by atoms with Crippen LogP contribution in [0.15, 0.2) is 0 Å². The summed E-state index contributed by atoms with van der Waals surface area (Å²) in [6.07, 6.45) is 3.53. The summed E-state index contributed by atoms with van der Waals surface area (Å²) in [5.74, 6) is 0.102. The Morgan fingerprint density at radius 2 is 1.83 bits per heavy atom. The summed E-state index contributed by atoms with van der Waals surface area (Å²) >= 11 is 0. The molecule has 1 unspecified atom stereocenters. The van der Waals surface area contributed by atoms with Crippen LogP contribution in [0, 0.1) is 0 Å². The molecular weight excluding hydrogens is 176 g/mol. The number of nitrogens with zero attached hydrogens (tertiary/aromatic N) is 1. The summed E-state index contributed by atoms with van der Waals surface area (Å²) in [5, 5.41) is 0. The Kier molecular flexibility index (Phi) is 5.25. The fraction of sp³-hybridized carbons (Fsp3) is 0.875. The van der Waals surface area contributed by atoms with Crippen LogP contribution in [0.4, 0.5) is 0 Å². The first-order chi connectivity index (χ1) is 5.22. The number of carbonyl (C=O) groups excluding carboxylic acids is 1. The molecule has 1 amide bonds. The molecule has 72 valence electrons. The summed E-state index contributed by atoms with van der Waals surface area (Å²) in [6.45, 7) is 3.55. The smallest absolute Gasteiger partial charge is 0.239 e. The zero-order chi connectivity index (χ0) is 8.27. The molecule has 0 bridgehead atoms. The van der Waals surface area contributed by atoms with Crippen molar-refractivity contribution in [1.29, 1.82) is 0 Å². The molecule has 0 aliphatic carbocycles. The molecule has 1 aliphatic rings. The third-order valence-electron chi connectivity index (χ3n) is 2.06. The normalized spacial score (nSPS) is 19.7. The first kappa shape index (κ1) is 11.7. The van der Waals surface area contributed by atoms with E-state index < -0.39 is 0 Å². The largest absolute Gasteiger partial charge is 0.341 e. The zero-order valence-corrected chi connectivity index (χ0v) is 8.27. The quantitative estimate of drug-likeness (QED) is 0.667. The highest BCUT2D eigenvalue weighted by atomic mass is 35.5. The lowest BCUT2D eigenvalue weighted by molar-refractivity contribution is -0.133. The van der Waals surface area contributed by atoms with Gasteiger partial charge in [-0.1, -0.05) is 0 Å². The van der Waals surface area contributed by atoms with Crippen molar-refractivity contribution in [2.45, 2.75) is 32.2 Å². The van der Waals surface area contributed by atoms with Gasteiger partial charge in [0.15, 0.2) is 0 Å². The summed E-state index contributed by atoms with van der Waals surface area (Å²) in [5.41, 5.74) is 5.48. The van der Waals surface area contributed by atoms with Crippen LogP contribution >= 0.6 is 12.4 Å². The molecule has 0 saturated carbocycles. The van der Waals surface area contributed by atoms with Crippen LogP contribution in [0.25, 0.3) is 0 Å². The van der Waals surface area contributed by atoms with E-state index in [1.54, 1.807) is 6.92 Å². The first-order valence-corrected chi connectivity index (χ1v) is 4.26. The van der Waals surface area contributed by atoms with Crippen LogP contribution in [0.2, 0.25) is 0 Å². The van der Waals surface area contributed by atoms with Crippen molar-refractivity contribution < 1.29 is 4.79 Å². The topological polar surface area (TPSA) is 46.3 Å². The summed E-state index contributed by atoms with van der Waals surface area (Å²) in [7, 11) is 0. The van der Waals surface area contributed by atoms with E-state index in [2.05, 4.69) is 0 Å². The predicted octanol–water partition coefficient (Wildman–Crippen LogP) is 0.768. The minimum Gasteiger partial charge on any atom is -0.341 e.